The Morgan fingerprint density at radius 3 is 3.00 bits per heavy atom. The smallest absolute Gasteiger partial charge is 0.119 e. The van der Waals surface area contributed by atoms with Crippen LogP contribution in [0.25, 0.3) is 0 Å². The summed E-state index contributed by atoms with van der Waals surface area (Å²) in [6.07, 6.45) is 1.47. The van der Waals surface area contributed by atoms with Gasteiger partial charge < -0.3 is 15.2 Å². The van der Waals surface area contributed by atoms with Gasteiger partial charge in [0, 0.05) is 26.2 Å². The summed E-state index contributed by atoms with van der Waals surface area (Å²) >= 11 is 0. The number of methoxy groups -OCH3 is 1. The Labute approximate surface area is 115 Å². The van der Waals surface area contributed by atoms with Crippen molar-refractivity contribution in [3.05, 3.63) is 29.8 Å². The monoisotopic (exact) mass is 264 g/mol. The summed E-state index contributed by atoms with van der Waals surface area (Å²) in [6, 6.07) is 8.26. The lowest BCUT2D eigenvalue weighted by molar-refractivity contribution is -0.0716. The SMILES string of the molecule is COc1cccc(CCN2CC(C)OC(CN)C2)c1. The largest absolute Gasteiger partial charge is 0.497 e. The predicted molar refractivity (Wildman–Crippen MR) is 76.5 cm³/mol. The van der Waals surface area contributed by atoms with Gasteiger partial charge in [-0.2, -0.15) is 0 Å². The van der Waals surface area contributed by atoms with Gasteiger partial charge in [-0.1, -0.05) is 12.1 Å². The zero-order chi connectivity index (χ0) is 13.7. The topological polar surface area (TPSA) is 47.7 Å². The van der Waals surface area contributed by atoms with Crippen LogP contribution < -0.4 is 10.5 Å². The van der Waals surface area contributed by atoms with Gasteiger partial charge in [0.2, 0.25) is 0 Å². The first-order valence-electron chi connectivity index (χ1n) is 6.92. The average Bonchev–Trinajstić information content (AvgIpc) is 2.44. The van der Waals surface area contributed by atoms with Crippen LogP contribution in [0.3, 0.4) is 0 Å². The molecule has 2 N–H and O–H groups in total. The second-order valence-corrected chi connectivity index (χ2v) is 5.17. The van der Waals surface area contributed by atoms with Gasteiger partial charge in [0.05, 0.1) is 19.3 Å². The fourth-order valence-electron chi connectivity index (χ4n) is 2.57. The first-order chi connectivity index (χ1) is 9.21. The molecule has 2 atom stereocenters. The van der Waals surface area contributed by atoms with Gasteiger partial charge in [-0.25, -0.2) is 0 Å². The number of rotatable bonds is 5. The van der Waals surface area contributed by atoms with Gasteiger partial charge in [0.15, 0.2) is 0 Å². The molecule has 1 aliphatic rings. The molecule has 4 heteroatoms. The van der Waals surface area contributed by atoms with E-state index in [1.54, 1.807) is 7.11 Å². The fraction of sp³-hybridized carbons (Fsp3) is 0.600. The maximum atomic E-state index is 5.77. The Balaban J connectivity index is 1.87. The Morgan fingerprint density at radius 2 is 2.26 bits per heavy atom. The highest BCUT2D eigenvalue weighted by Gasteiger charge is 2.23. The summed E-state index contributed by atoms with van der Waals surface area (Å²) in [5.41, 5.74) is 7.01. The van der Waals surface area contributed by atoms with Crippen molar-refractivity contribution in [3.63, 3.8) is 0 Å². The van der Waals surface area contributed by atoms with Gasteiger partial charge in [-0.05, 0) is 31.0 Å². The van der Waals surface area contributed by atoms with Crippen LogP contribution in [-0.2, 0) is 11.2 Å². The highest BCUT2D eigenvalue weighted by molar-refractivity contribution is 5.28. The van der Waals surface area contributed by atoms with Crippen molar-refractivity contribution in [1.82, 2.24) is 4.90 Å². The van der Waals surface area contributed by atoms with Crippen molar-refractivity contribution in [2.45, 2.75) is 25.6 Å². The lowest BCUT2D eigenvalue weighted by Gasteiger charge is -2.36. The van der Waals surface area contributed by atoms with Crippen molar-refractivity contribution < 1.29 is 9.47 Å². The molecular formula is C15H24N2O2. The molecule has 106 valence electrons. The Kier molecular flexibility index (Phi) is 5.19. The molecule has 0 bridgehead atoms. The van der Waals surface area contributed by atoms with Gasteiger partial charge in [-0.15, -0.1) is 0 Å². The molecule has 1 saturated heterocycles. The number of morpholine rings is 1. The first kappa shape index (κ1) is 14.3. The molecule has 0 amide bonds. The first-order valence-corrected chi connectivity index (χ1v) is 6.92. The van der Waals surface area contributed by atoms with Crippen molar-refractivity contribution in [2.75, 3.05) is 33.3 Å². The molecule has 2 rings (SSSR count). The van der Waals surface area contributed by atoms with Gasteiger partial charge >= 0.3 is 0 Å². The van der Waals surface area contributed by atoms with Crippen LogP contribution >= 0.6 is 0 Å². The van der Waals surface area contributed by atoms with E-state index in [2.05, 4.69) is 24.0 Å². The number of nitrogens with zero attached hydrogens (tertiary/aromatic N) is 1. The predicted octanol–water partition coefficient (Wildman–Crippen LogP) is 1.29. The Hall–Kier alpha value is -1.10. The number of nitrogens with two attached hydrogens (primary N) is 1. The molecule has 2 unspecified atom stereocenters. The van der Waals surface area contributed by atoms with E-state index in [1.807, 2.05) is 12.1 Å². The van der Waals surface area contributed by atoms with Gasteiger partial charge in [-0.3, -0.25) is 4.90 Å². The van der Waals surface area contributed by atoms with Crippen molar-refractivity contribution in [1.29, 1.82) is 0 Å². The third-order valence-electron chi connectivity index (χ3n) is 3.52. The summed E-state index contributed by atoms with van der Waals surface area (Å²) in [5, 5.41) is 0. The molecule has 0 saturated carbocycles. The van der Waals surface area contributed by atoms with E-state index in [0.717, 1.165) is 31.8 Å². The molecule has 19 heavy (non-hydrogen) atoms. The summed E-state index contributed by atoms with van der Waals surface area (Å²) in [7, 11) is 1.70. The minimum absolute atomic E-state index is 0.175. The third kappa shape index (κ3) is 4.20. The Bertz CT molecular complexity index is 397. The van der Waals surface area contributed by atoms with E-state index in [0.29, 0.717) is 6.54 Å². The summed E-state index contributed by atoms with van der Waals surface area (Å²) in [5.74, 6) is 0.924. The summed E-state index contributed by atoms with van der Waals surface area (Å²) in [6.45, 7) is 5.67. The van der Waals surface area contributed by atoms with Crippen LogP contribution in [0.2, 0.25) is 0 Å². The number of ether oxygens (including phenoxy) is 2. The number of benzene rings is 1. The van der Waals surface area contributed by atoms with E-state index < -0.39 is 0 Å². The number of hydrogen-bond donors (Lipinski definition) is 1. The second-order valence-electron chi connectivity index (χ2n) is 5.17. The van der Waals surface area contributed by atoms with Crippen molar-refractivity contribution in [3.8, 4) is 5.75 Å². The molecule has 0 aromatic heterocycles. The molecule has 1 heterocycles. The van der Waals surface area contributed by atoms with Crippen LogP contribution in [0.5, 0.6) is 5.75 Å². The minimum atomic E-state index is 0.175. The maximum Gasteiger partial charge on any atom is 0.119 e. The molecule has 0 aliphatic carbocycles. The van der Waals surface area contributed by atoms with E-state index >= 15 is 0 Å². The summed E-state index contributed by atoms with van der Waals surface area (Å²) < 4.78 is 11.0. The van der Waals surface area contributed by atoms with Crippen LogP contribution in [0.4, 0.5) is 0 Å². The molecule has 1 fully saturated rings. The normalized spacial score (nSPS) is 24.4. The number of hydrogen-bond acceptors (Lipinski definition) is 4. The van der Waals surface area contributed by atoms with Crippen molar-refractivity contribution in [2.24, 2.45) is 5.73 Å². The molecule has 1 aliphatic heterocycles. The van der Waals surface area contributed by atoms with Crippen LogP contribution in [0.15, 0.2) is 24.3 Å². The zero-order valence-electron chi connectivity index (χ0n) is 11.8. The van der Waals surface area contributed by atoms with E-state index in [9.17, 15) is 0 Å². The minimum Gasteiger partial charge on any atom is -0.497 e. The molecule has 1 aromatic rings. The molecule has 0 spiro atoms. The van der Waals surface area contributed by atoms with E-state index in [-0.39, 0.29) is 12.2 Å². The van der Waals surface area contributed by atoms with Gasteiger partial charge in [0.25, 0.3) is 0 Å². The Morgan fingerprint density at radius 1 is 1.42 bits per heavy atom. The molecule has 1 aromatic carbocycles. The van der Waals surface area contributed by atoms with Crippen LogP contribution in [0, 0.1) is 0 Å². The highest BCUT2D eigenvalue weighted by atomic mass is 16.5. The molecule has 4 nitrogen and oxygen atoms in total. The lowest BCUT2D eigenvalue weighted by atomic mass is 10.1. The van der Waals surface area contributed by atoms with E-state index in [1.165, 1.54) is 5.56 Å². The molecule has 0 radical (unpaired) electrons. The van der Waals surface area contributed by atoms with Gasteiger partial charge in [0.1, 0.15) is 5.75 Å². The second kappa shape index (κ2) is 6.89. The van der Waals surface area contributed by atoms with Crippen molar-refractivity contribution >= 4 is 0 Å². The standard InChI is InChI=1S/C15H24N2O2/c1-12-10-17(11-15(9-16)19-12)7-6-13-4-3-5-14(8-13)18-2/h3-5,8,12,15H,6-7,9-11,16H2,1-2H3. The summed E-state index contributed by atoms with van der Waals surface area (Å²) in [4.78, 5) is 2.44. The molecular weight excluding hydrogens is 240 g/mol. The van der Waals surface area contributed by atoms with E-state index in [4.69, 9.17) is 15.2 Å². The highest BCUT2D eigenvalue weighted by Crippen LogP contribution is 2.15. The lowest BCUT2D eigenvalue weighted by Crippen LogP contribution is -2.49. The fourth-order valence-corrected chi connectivity index (χ4v) is 2.57. The average molecular weight is 264 g/mol. The van der Waals surface area contributed by atoms with Crippen LogP contribution in [-0.4, -0.2) is 50.4 Å². The third-order valence-corrected chi connectivity index (χ3v) is 3.52. The quantitative estimate of drug-likeness (QED) is 0.870. The van der Waals surface area contributed by atoms with Crippen LogP contribution in [0.1, 0.15) is 12.5 Å². The maximum absolute atomic E-state index is 5.77. The zero-order valence-corrected chi connectivity index (χ0v) is 11.8.